The molecule has 1 aliphatic rings. The molecule has 4 heteroatoms. The fraction of sp³-hybridized carbons (Fsp3) is 0.667. The molecule has 1 saturated heterocycles. The van der Waals surface area contributed by atoms with Crippen LogP contribution >= 0.6 is 0 Å². The molecular weight excluding hydrogens is 242 g/mol. The van der Waals surface area contributed by atoms with Gasteiger partial charge in [-0.25, -0.2) is 0 Å². The molecule has 1 aliphatic heterocycles. The van der Waals surface area contributed by atoms with Crippen LogP contribution in [-0.2, 0) is 11.3 Å². The highest BCUT2D eigenvalue weighted by atomic mass is 16.4. The molecule has 4 nitrogen and oxygen atoms in total. The predicted molar refractivity (Wildman–Crippen MR) is 72.9 cm³/mol. The van der Waals surface area contributed by atoms with Gasteiger partial charge in [0, 0.05) is 6.54 Å². The lowest BCUT2D eigenvalue weighted by molar-refractivity contribution is -0.153. The summed E-state index contributed by atoms with van der Waals surface area (Å²) in [6.07, 6.45) is 3.42. The minimum atomic E-state index is -0.644. The number of carboxylic acids is 1. The van der Waals surface area contributed by atoms with Crippen LogP contribution in [0.5, 0.6) is 0 Å². The van der Waals surface area contributed by atoms with Crippen molar-refractivity contribution in [3.8, 4) is 0 Å². The lowest BCUT2D eigenvalue weighted by Crippen LogP contribution is -2.47. The van der Waals surface area contributed by atoms with E-state index >= 15 is 0 Å². The molecule has 1 N–H and O–H groups in total. The Morgan fingerprint density at radius 1 is 1.53 bits per heavy atom. The van der Waals surface area contributed by atoms with E-state index in [-0.39, 0.29) is 0 Å². The molecule has 0 aliphatic carbocycles. The monoisotopic (exact) mass is 265 g/mol. The molecule has 0 amide bonds. The Hall–Kier alpha value is -1.29. The van der Waals surface area contributed by atoms with Gasteiger partial charge in [0.25, 0.3) is 0 Å². The van der Waals surface area contributed by atoms with Gasteiger partial charge in [0.05, 0.1) is 12.0 Å². The molecule has 0 bridgehead atoms. The molecule has 1 aromatic heterocycles. The number of aryl methyl sites for hydroxylation is 1. The molecule has 0 radical (unpaired) electrons. The Bertz CT molecular complexity index is 436. The standard InChI is InChI=1S/C15H23NO3/c1-3-7-15(14(17)18)8-4-9-16(11-15)10-13-6-5-12(2)19-13/h5-6H,3-4,7-11H2,1-2H3,(H,17,18)/t15-/m1/s1. The van der Waals surface area contributed by atoms with Crippen molar-refractivity contribution in [3.05, 3.63) is 23.7 Å². The minimum absolute atomic E-state index is 0.561. The maximum absolute atomic E-state index is 11.6. The number of aliphatic carboxylic acids is 1. The Morgan fingerprint density at radius 3 is 2.89 bits per heavy atom. The zero-order chi connectivity index (χ0) is 13.9. The molecular formula is C15H23NO3. The molecule has 1 aromatic rings. The number of carbonyl (C=O) groups is 1. The van der Waals surface area contributed by atoms with Gasteiger partial charge >= 0.3 is 5.97 Å². The first kappa shape index (κ1) is 14.1. The second-order valence-electron chi connectivity index (χ2n) is 5.66. The third kappa shape index (κ3) is 3.18. The summed E-state index contributed by atoms with van der Waals surface area (Å²) in [6, 6.07) is 3.93. The summed E-state index contributed by atoms with van der Waals surface area (Å²) in [5, 5.41) is 9.56. The minimum Gasteiger partial charge on any atom is -0.481 e. The Balaban J connectivity index is 2.05. The summed E-state index contributed by atoms with van der Waals surface area (Å²) >= 11 is 0. The molecule has 0 aromatic carbocycles. The van der Waals surface area contributed by atoms with E-state index in [0.717, 1.165) is 43.7 Å². The molecule has 1 fully saturated rings. The second kappa shape index (κ2) is 5.78. The average molecular weight is 265 g/mol. The molecule has 0 spiro atoms. The highest BCUT2D eigenvalue weighted by Crippen LogP contribution is 2.35. The van der Waals surface area contributed by atoms with Crippen molar-refractivity contribution < 1.29 is 14.3 Å². The zero-order valence-corrected chi connectivity index (χ0v) is 11.8. The van der Waals surface area contributed by atoms with Crippen molar-refractivity contribution >= 4 is 5.97 Å². The van der Waals surface area contributed by atoms with Crippen LogP contribution in [0.4, 0.5) is 0 Å². The van der Waals surface area contributed by atoms with Gasteiger partial charge in [-0.3, -0.25) is 9.69 Å². The summed E-state index contributed by atoms with van der Waals surface area (Å²) < 4.78 is 5.59. The van der Waals surface area contributed by atoms with Crippen molar-refractivity contribution in [1.82, 2.24) is 4.90 Å². The van der Waals surface area contributed by atoms with Crippen molar-refractivity contribution in [2.24, 2.45) is 5.41 Å². The van der Waals surface area contributed by atoms with Crippen LogP contribution in [0, 0.1) is 12.3 Å². The maximum Gasteiger partial charge on any atom is 0.310 e. The van der Waals surface area contributed by atoms with Crippen LogP contribution in [-0.4, -0.2) is 29.1 Å². The van der Waals surface area contributed by atoms with Crippen LogP contribution in [0.25, 0.3) is 0 Å². The SMILES string of the molecule is CCC[C@@]1(C(=O)O)CCCN(Cc2ccc(C)o2)C1. The smallest absolute Gasteiger partial charge is 0.310 e. The maximum atomic E-state index is 11.6. The fourth-order valence-electron chi connectivity index (χ4n) is 3.12. The number of likely N-dealkylation sites (tertiary alicyclic amines) is 1. The van der Waals surface area contributed by atoms with Gasteiger partial charge in [-0.1, -0.05) is 13.3 Å². The molecule has 2 rings (SSSR count). The Labute approximate surface area is 114 Å². The molecule has 0 unspecified atom stereocenters. The van der Waals surface area contributed by atoms with Gasteiger partial charge in [-0.15, -0.1) is 0 Å². The van der Waals surface area contributed by atoms with E-state index in [9.17, 15) is 9.90 Å². The van der Waals surface area contributed by atoms with Crippen molar-refractivity contribution in [1.29, 1.82) is 0 Å². The van der Waals surface area contributed by atoms with E-state index in [4.69, 9.17) is 4.42 Å². The topological polar surface area (TPSA) is 53.7 Å². The summed E-state index contributed by atoms with van der Waals surface area (Å²) in [5.74, 6) is 1.19. The van der Waals surface area contributed by atoms with Crippen LogP contribution in [0.2, 0.25) is 0 Å². The summed E-state index contributed by atoms with van der Waals surface area (Å²) in [4.78, 5) is 13.8. The summed E-state index contributed by atoms with van der Waals surface area (Å²) in [5.41, 5.74) is -0.561. The van der Waals surface area contributed by atoms with Gasteiger partial charge in [0.2, 0.25) is 0 Å². The van der Waals surface area contributed by atoms with E-state index in [1.54, 1.807) is 0 Å². The third-order valence-electron chi connectivity index (χ3n) is 4.01. The first-order valence-corrected chi connectivity index (χ1v) is 7.07. The first-order valence-electron chi connectivity index (χ1n) is 7.07. The van der Waals surface area contributed by atoms with E-state index in [2.05, 4.69) is 11.8 Å². The van der Waals surface area contributed by atoms with Crippen LogP contribution < -0.4 is 0 Å². The molecule has 19 heavy (non-hydrogen) atoms. The number of piperidine rings is 1. The first-order chi connectivity index (χ1) is 9.05. The quantitative estimate of drug-likeness (QED) is 0.889. The van der Waals surface area contributed by atoms with Gasteiger partial charge in [0.1, 0.15) is 11.5 Å². The highest BCUT2D eigenvalue weighted by Gasteiger charge is 2.41. The predicted octanol–water partition coefficient (Wildman–Crippen LogP) is 3.05. The number of hydrogen-bond donors (Lipinski definition) is 1. The zero-order valence-electron chi connectivity index (χ0n) is 11.8. The van der Waals surface area contributed by atoms with Crippen LogP contribution in [0.15, 0.2) is 16.5 Å². The van der Waals surface area contributed by atoms with Crippen LogP contribution in [0.1, 0.15) is 44.1 Å². The van der Waals surface area contributed by atoms with E-state index < -0.39 is 11.4 Å². The highest BCUT2D eigenvalue weighted by molar-refractivity contribution is 5.75. The normalized spacial score (nSPS) is 24.5. The summed E-state index contributed by atoms with van der Waals surface area (Å²) in [6.45, 7) is 6.29. The van der Waals surface area contributed by atoms with Gasteiger partial charge in [-0.05, 0) is 44.9 Å². The van der Waals surface area contributed by atoms with E-state index in [1.165, 1.54) is 0 Å². The number of furan rings is 1. The lowest BCUT2D eigenvalue weighted by atomic mass is 9.76. The lowest BCUT2D eigenvalue weighted by Gasteiger charge is -2.39. The summed E-state index contributed by atoms with van der Waals surface area (Å²) in [7, 11) is 0. The van der Waals surface area contributed by atoms with E-state index in [0.29, 0.717) is 13.1 Å². The van der Waals surface area contributed by atoms with Crippen molar-refractivity contribution in [3.63, 3.8) is 0 Å². The number of nitrogens with zero attached hydrogens (tertiary/aromatic N) is 1. The number of carboxylic acid groups (broad SMARTS) is 1. The third-order valence-corrected chi connectivity index (χ3v) is 4.01. The van der Waals surface area contributed by atoms with Gasteiger partial charge in [-0.2, -0.15) is 0 Å². The van der Waals surface area contributed by atoms with Crippen LogP contribution in [0.3, 0.4) is 0 Å². The van der Waals surface area contributed by atoms with E-state index in [1.807, 2.05) is 19.1 Å². The second-order valence-corrected chi connectivity index (χ2v) is 5.66. The molecule has 0 saturated carbocycles. The Kier molecular flexibility index (Phi) is 4.30. The largest absolute Gasteiger partial charge is 0.481 e. The molecule has 2 heterocycles. The van der Waals surface area contributed by atoms with Crippen molar-refractivity contribution in [2.75, 3.05) is 13.1 Å². The van der Waals surface area contributed by atoms with Crippen molar-refractivity contribution in [2.45, 2.75) is 46.1 Å². The number of rotatable bonds is 5. The molecule has 1 atom stereocenters. The van der Waals surface area contributed by atoms with Gasteiger partial charge in [0.15, 0.2) is 0 Å². The molecule has 106 valence electrons. The fourth-order valence-corrected chi connectivity index (χ4v) is 3.12. The average Bonchev–Trinajstić information content (AvgIpc) is 2.75. The Morgan fingerprint density at radius 2 is 2.32 bits per heavy atom. The van der Waals surface area contributed by atoms with Gasteiger partial charge < -0.3 is 9.52 Å². The number of hydrogen-bond acceptors (Lipinski definition) is 3.